The third-order valence-electron chi connectivity index (χ3n) is 4.32. The first-order chi connectivity index (χ1) is 12.8. The van der Waals surface area contributed by atoms with Crippen LogP contribution in [0.3, 0.4) is 0 Å². The minimum absolute atomic E-state index is 0.0399. The molecule has 0 aliphatic rings. The summed E-state index contributed by atoms with van der Waals surface area (Å²) in [6.07, 6.45) is 1.52. The maximum absolute atomic E-state index is 6.11. The van der Waals surface area contributed by atoms with Crippen molar-refractivity contribution in [1.29, 1.82) is 0 Å². The quantitative estimate of drug-likeness (QED) is 0.457. The van der Waals surface area contributed by atoms with Crippen molar-refractivity contribution >= 4 is 39.9 Å². The van der Waals surface area contributed by atoms with Crippen LogP contribution < -0.4 is 5.73 Å². The van der Waals surface area contributed by atoms with Gasteiger partial charge < -0.3 is 0 Å². The van der Waals surface area contributed by atoms with Gasteiger partial charge in [0.1, 0.15) is 0 Å². The molecule has 6 heteroatoms. The third kappa shape index (κ3) is 2.31. The molecule has 0 spiro atoms. The van der Waals surface area contributed by atoms with Crippen molar-refractivity contribution in [3.05, 3.63) is 67.0 Å². The van der Waals surface area contributed by atoms with E-state index in [0.29, 0.717) is 5.82 Å². The Morgan fingerprint density at radius 1 is 0.769 bits per heavy atom. The number of benzene rings is 2. The summed E-state index contributed by atoms with van der Waals surface area (Å²) in [7, 11) is 0. The Balaban J connectivity index is 1.98. The van der Waals surface area contributed by atoms with Gasteiger partial charge in [-0.25, -0.2) is 0 Å². The summed E-state index contributed by atoms with van der Waals surface area (Å²) in [6, 6.07) is 20.4. The minimum atomic E-state index is -0.0399. The van der Waals surface area contributed by atoms with Gasteiger partial charge in [-0.1, -0.05) is 0 Å². The summed E-state index contributed by atoms with van der Waals surface area (Å²) >= 11 is -0.0399. The molecule has 5 aromatic rings. The summed E-state index contributed by atoms with van der Waals surface area (Å²) < 4.78 is 1.95. The van der Waals surface area contributed by atoms with Crippen molar-refractivity contribution < 1.29 is 0 Å². The van der Waals surface area contributed by atoms with Crippen LogP contribution in [0.15, 0.2) is 67.0 Å². The van der Waals surface area contributed by atoms with Gasteiger partial charge >= 0.3 is 155 Å². The molecular formula is C20H13N5Se. The molecule has 0 fully saturated rings. The van der Waals surface area contributed by atoms with Gasteiger partial charge in [0.05, 0.1) is 0 Å². The zero-order chi connectivity index (χ0) is 17.5. The van der Waals surface area contributed by atoms with Gasteiger partial charge in [-0.15, -0.1) is 0 Å². The summed E-state index contributed by atoms with van der Waals surface area (Å²) in [5, 5.41) is 10.2. The summed E-state index contributed by atoms with van der Waals surface area (Å²) in [4.78, 5) is 8.69. The molecule has 124 valence electrons. The van der Waals surface area contributed by atoms with Crippen LogP contribution in [0.4, 0.5) is 5.82 Å². The van der Waals surface area contributed by atoms with Crippen molar-refractivity contribution in [2.75, 3.05) is 5.73 Å². The topological polar surface area (TPSA) is 77.6 Å². The van der Waals surface area contributed by atoms with Crippen LogP contribution in [-0.2, 0) is 0 Å². The summed E-state index contributed by atoms with van der Waals surface area (Å²) in [6.45, 7) is 0. The third-order valence-corrected chi connectivity index (χ3v) is 6.60. The monoisotopic (exact) mass is 403 g/mol. The van der Waals surface area contributed by atoms with Crippen LogP contribution >= 0.6 is 0 Å². The zero-order valence-electron chi connectivity index (χ0n) is 13.6. The van der Waals surface area contributed by atoms with Crippen molar-refractivity contribution in [2.45, 2.75) is 0 Å². The number of hydrogen-bond acceptors (Lipinski definition) is 5. The second-order valence-corrected chi connectivity index (χ2v) is 7.97. The molecule has 0 unspecified atom stereocenters. The molecule has 3 aromatic heterocycles. The molecule has 0 saturated heterocycles. The van der Waals surface area contributed by atoms with E-state index in [1.54, 1.807) is 0 Å². The van der Waals surface area contributed by atoms with Crippen LogP contribution in [0.5, 0.6) is 0 Å². The average molecular weight is 402 g/mol. The average Bonchev–Trinajstić information content (AvgIpc) is 3.09. The molecule has 0 amide bonds. The maximum atomic E-state index is 6.11. The Morgan fingerprint density at radius 2 is 1.46 bits per heavy atom. The number of rotatable bonds is 2. The number of nitrogens with two attached hydrogens (primary N) is 1. The Kier molecular flexibility index (Phi) is 3.52. The number of fused-ring (bicyclic) bond motifs is 3. The summed E-state index contributed by atoms with van der Waals surface area (Å²) in [5.74, 6) is 0.535. The van der Waals surface area contributed by atoms with Crippen molar-refractivity contribution in [2.24, 2.45) is 0 Å². The Bertz CT molecular complexity index is 1230. The van der Waals surface area contributed by atoms with Gasteiger partial charge in [0.25, 0.3) is 0 Å². The first-order valence-corrected chi connectivity index (χ1v) is 9.84. The number of anilines is 1. The van der Waals surface area contributed by atoms with Crippen LogP contribution in [-0.4, -0.2) is 34.7 Å². The normalized spacial score (nSPS) is 11.2. The first-order valence-electron chi connectivity index (χ1n) is 8.13. The number of nitrogens with zero attached hydrogens (tertiary/aromatic N) is 4. The molecular weight excluding hydrogens is 389 g/mol. The van der Waals surface area contributed by atoms with E-state index in [2.05, 4.69) is 44.4 Å². The van der Waals surface area contributed by atoms with Gasteiger partial charge in [0.2, 0.25) is 0 Å². The van der Waals surface area contributed by atoms with Crippen LogP contribution in [0.2, 0.25) is 0 Å². The standard InChI is InChI=1S/C20H13N5Se/c21-19-18-17(22-11-23-19)15-14(12-7-3-1-4-8-12)16(24-25-20(15)26-18)13-9-5-2-6-10-13/h1-11H,(H2,21,22,23). The molecule has 0 atom stereocenters. The molecule has 0 saturated carbocycles. The molecule has 26 heavy (non-hydrogen) atoms. The van der Waals surface area contributed by atoms with E-state index < -0.39 is 0 Å². The van der Waals surface area contributed by atoms with Gasteiger partial charge in [-0.3, -0.25) is 0 Å². The van der Waals surface area contributed by atoms with Gasteiger partial charge in [-0.05, 0) is 0 Å². The first kappa shape index (κ1) is 15.2. The molecule has 2 aromatic carbocycles. The van der Waals surface area contributed by atoms with E-state index in [1.807, 2.05) is 36.4 Å². The molecule has 0 aliphatic carbocycles. The fraction of sp³-hybridized carbons (Fsp3) is 0. The molecule has 0 aliphatic heterocycles. The second-order valence-electron chi connectivity index (χ2n) is 5.87. The molecule has 0 radical (unpaired) electrons. The van der Waals surface area contributed by atoms with Crippen molar-refractivity contribution in [3.63, 3.8) is 0 Å². The fourth-order valence-electron chi connectivity index (χ4n) is 3.16. The van der Waals surface area contributed by atoms with E-state index in [9.17, 15) is 0 Å². The van der Waals surface area contributed by atoms with Crippen LogP contribution in [0.25, 0.3) is 41.9 Å². The predicted octanol–water partition coefficient (Wildman–Crippen LogP) is 3.55. The van der Waals surface area contributed by atoms with Gasteiger partial charge in [-0.2, -0.15) is 0 Å². The molecule has 2 N–H and O–H groups in total. The van der Waals surface area contributed by atoms with E-state index in [-0.39, 0.29) is 14.5 Å². The predicted molar refractivity (Wildman–Crippen MR) is 105 cm³/mol. The molecule has 0 bridgehead atoms. The van der Waals surface area contributed by atoms with Crippen molar-refractivity contribution in [1.82, 2.24) is 20.2 Å². The Hall–Kier alpha value is -3.08. The zero-order valence-corrected chi connectivity index (χ0v) is 15.3. The Labute approximate surface area is 155 Å². The van der Waals surface area contributed by atoms with E-state index in [0.717, 1.165) is 41.9 Å². The number of hydrogen-bond donors (Lipinski definition) is 1. The Morgan fingerprint density at radius 3 is 2.19 bits per heavy atom. The van der Waals surface area contributed by atoms with Crippen LogP contribution in [0, 0.1) is 0 Å². The molecule has 3 heterocycles. The number of nitrogen functional groups attached to an aromatic ring is 1. The van der Waals surface area contributed by atoms with Gasteiger partial charge in [0.15, 0.2) is 0 Å². The second kappa shape index (κ2) is 6.02. The SMILES string of the molecule is Nc1ncnc2c1[se]c1nnc(-c3ccccc3)c(-c3ccccc3)c12. The number of aromatic nitrogens is 4. The van der Waals surface area contributed by atoms with E-state index in [1.165, 1.54) is 6.33 Å². The van der Waals surface area contributed by atoms with E-state index >= 15 is 0 Å². The van der Waals surface area contributed by atoms with Crippen LogP contribution in [0.1, 0.15) is 0 Å². The fourth-order valence-corrected chi connectivity index (χ4v) is 5.22. The summed E-state index contributed by atoms with van der Waals surface area (Å²) in [5.41, 5.74) is 11.0. The van der Waals surface area contributed by atoms with Crippen molar-refractivity contribution in [3.8, 4) is 22.4 Å². The van der Waals surface area contributed by atoms with Gasteiger partial charge in [0, 0.05) is 0 Å². The van der Waals surface area contributed by atoms with E-state index in [4.69, 9.17) is 5.73 Å². The molecule has 5 rings (SSSR count). The molecule has 5 nitrogen and oxygen atoms in total.